The summed E-state index contributed by atoms with van der Waals surface area (Å²) in [5, 5.41) is 9.49. The monoisotopic (exact) mass is 300 g/mol. The summed E-state index contributed by atoms with van der Waals surface area (Å²) in [5.41, 5.74) is 3.71. The molecule has 0 bridgehead atoms. The fraction of sp³-hybridized carbons (Fsp3) is 0.176. The molecular formula is C17H16OS2. The van der Waals surface area contributed by atoms with Crippen LogP contribution in [0.25, 0.3) is 5.57 Å². The van der Waals surface area contributed by atoms with Gasteiger partial charge < -0.3 is 5.11 Å². The molecule has 1 aliphatic rings. The Labute approximate surface area is 128 Å². The van der Waals surface area contributed by atoms with Gasteiger partial charge in [0.15, 0.2) is 0 Å². The van der Waals surface area contributed by atoms with E-state index in [1.54, 1.807) is 12.1 Å². The van der Waals surface area contributed by atoms with Crippen molar-refractivity contribution in [1.82, 2.24) is 0 Å². The van der Waals surface area contributed by atoms with Gasteiger partial charge in [0.05, 0.1) is 0 Å². The zero-order valence-corrected chi connectivity index (χ0v) is 12.7. The number of aromatic hydroxyl groups is 1. The van der Waals surface area contributed by atoms with E-state index in [1.165, 1.54) is 38.9 Å². The van der Waals surface area contributed by atoms with E-state index in [0.29, 0.717) is 5.75 Å². The number of phenols is 1. The van der Waals surface area contributed by atoms with Gasteiger partial charge in [0, 0.05) is 9.81 Å². The fourth-order valence-electron chi connectivity index (χ4n) is 2.21. The second-order valence-electron chi connectivity index (χ2n) is 4.63. The van der Waals surface area contributed by atoms with Gasteiger partial charge in [0.2, 0.25) is 0 Å². The Morgan fingerprint density at radius 2 is 1.40 bits per heavy atom. The lowest BCUT2D eigenvalue weighted by Crippen LogP contribution is -1.97. The summed E-state index contributed by atoms with van der Waals surface area (Å²) >= 11 is 3.89. The second-order valence-corrected chi connectivity index (χ2v) is 7.09. The third kappa shape index (κ3) is 3.05. The van der Waals surface area contributed by atoms with Crippen LogP contribution in [0.1, 0.15) is 17.5 Å². The molecule has 3 rings (SSSR count). The number of thioether (sulfide) groups is 2. The number of hydrogen-bond acceptors (Lipinski definition) is 3. The van der Waals surface area contributed by atoms with Crippen LogP contribution >= 0.6 is 23.5 Å². The molecule has 1 fully saturated rings. The Bertz CT molecular complexity index is 595. The molecule has 1 N–H and O–H groups in total. The maximum Gasteiger partial charge on any atom is 0.115 e. The van der Waals surface area contributed by atoms with Crippen LogP contribution in [0.2, 0.25) is 0 Å². The summed E-state index contributed by atoms with van der Waals surface area (Å²) in [4.78, 5) is 0. The molecule has 0 aromatic heterocycles. The molecule has 0 spiro atoms. The average molecular weight is 300 g/mol. The summed E-state index contributed by atoms with van der Waals surface area (Å²) in [5.74, 6) is 2.70. The second kappa shape index (κ2) is 6.42. The quantitative estimate of drug-likeness (QED) is 0.844. The highest BCUT2D eigenvalue weighted by Gasteiger charge is 2.16. The van der Waals surface area contributed by atoms with Crippen LogP contribution in [0.3, 0.4) is 0 Å². The van der Waals surface area contributed by atoms with E-state index in [2.05, 4.69) is 24.3 Å². The molecule has 0 radical (unpaired) electrons. The van der Waals surface area contributed by atoms with E-state index < -0.39 is 0 Å². The van der Waals surface area contributed by atoms with Gasteiger partial charge in [-0.2, -0.15) is 0 Å². The van der Waals surface area contributed by atoms with E-state index in [-0.39, 0.29) is 0 Å². The van der Waals surface area contributed by atoms with Gasteiger partial charge >= 0.3 is 0 Å². The van der Waals surface area contributed by atoms with Crippen LogP contribution in [0.15, 0.2) is 58.8 Å². The van der Waals surface area contributed by atoms with Crippen LogP contribution in [0.5, 0.6) is 5.75 Å². The molecule has 0 amide bonds. The first-order chi connectivity index (χ1) is 9.84. The van der Waals surface area contributed by atoms with Crippen molar-refractivity contribution in [2.24, 2.45) is 0 Å². The summed E-state index contributed by atoms with van der Waals surface area (Å²) in [6.45, 7) is 0. The largest absolute Gasteiger partial charge is 0.508 e. The van der Waals surface area contributed by atoms with Gasteiger partial charge in [-0.05, 0) is 41.2 Å². The highest BCUT2D eigenvalue weighted by molar-refractivity contribution is 8.23. The van der Waals surface area contributed by atoms with Gasteiger partial charge in [0.1, 0.15) is 5.75 Å². The molecular weight excluding hydrogens is 284 g/mol. The maximum absolute atomic E-state index is 9.49. The third-order valence-electron chi connectivity index (χ3n) is 3.18. The number of benzene rings is 2. The SMILES string of the molecule is Oc1ccc(C(=C2SCCCS2)c2ccccc2)cc1. The molecule has 1 saturated heterocycles. The average Bonchev–Trinajstić information content (AvgIpc) is 2.52. The Morgan fingerprint density at radius 1 is 0.800 bits per heavy atom. The Balaban J connectivity index is 2.10. The summed E-state index contributed by atoms with van der Waals surface area (Å²) in [7, 11) is 0. The Morgan fingerprint density at radius 3 is 2.05 bits per heavy atom. The molecule has 0 aliphatic carbocycles. The lowest BCUT2D eigenvalue weighted by Gasteiger charge is -2.19. The van der Waals surface area contributed by atoms with Crippen LogP contribution in [0, 0.1) is 0 Å². The first kappa shape index (κ1) is 13.7. The van der Waals surface area contributed by atoms with Gasteiger partial charge in [-0.15, -0.1) is 23.5 Å². The van der Waals surface area contributed by atoms with Crippen molar-refractivity contribution in [3.8, 4) is 5.75 Å². The van der Waals surface area contributed by atoms with Crippen molar-refractivity contribution in [2.75, 3.05) is 11.5 Å². The minimum absolute atomic E-state index is 0.315. The van der Waals surface area contributed by atoms with Gasteiger partial charge in [-0.3, -0.25) is 0 Å². The summed E-state index contributed by atoms with van der Waals surface area (Å²) < 4.78 is 1.40. The Kier molecular flexibility index (Phi) is 4.38. The fourth-order valence-corrected chi connectivity index (χ4v) is 4.93. The van der Waals surface area contributed by atoms with Gasteiger partial charge in [-0.25, -0.2) is 0 Å². The van der Waals surface area contributed by atoms with Crippen LogP contribution in [-0.2, 0) is 0 Å². The smallest absolute Gasteiger partial charge is 0.115 e. The van der Waals surface area contributed by atoms with E-state index in [1.807, 2.05) is 41.7 Å². The number of rotatable bonds is 2. The van der Waals surface area contributed by atoms with Crippen molar-refractivity contribution >= 4 is 29.1 Å². The maximum atomic E-state index is 9.49. The third-order valence-corrected chi connectivity index (χ3v) is 5.80. The lowest BCUT2D eigenvalue weighted by molar-refractivity contribution is 0.475. The molecule has 0 unspecified atom stereocenters. The first-order valence-corrected chi connectivity index (χ1v) is 8.66. The van der Waals surface area contributed by atoms with Crippen molar-refractivity contribution < 1.29 is 5.11 Å². The molecule has 3 heteroatoms. The van der Waals surface area contributed by atoms with E-state index in [9.17, 15) is 5.11 Å². The van der Waals surface area contributed by atoms with E-state index in [4.69, 9.17) is 0 Å². The highest BCUT2D eigenvalue weighted by atomic mass is 32.2. The van der Waals surface area contributed by atoms with Gasteiger partial charge in [-0.1, -0.05) is 42.5 Å². The predicted molar refractivity (Wildman–Crippen MR) is 90.1 cm³/mol. The molecule has 0 atom stereocenters. The topological polar surface area (TPSA) is 20.2 Å². The molecule has 1 nitrogen and oxygen atoms in total. The highest BCUT2D eigenvalue weighted by Crippen LogP contribution is 2.43. The lowest BCUT2D eigenvalue weighted by atomic mass is 9.99. The van der Waals surface area contributed by atoms with Crippen molar-refractivity contribution in [3.63, 3.8) is 0 Å². The van der Waals surface area contributed by atoms with Crippen LogP contribution < -0.4 is 0 Å². The van der Waals surface area contributed by atoms with Crippen molar-refractivity contribution in [1.29, 1.82) is 0 Å². The van der Waals surface area contributed by atoms with Crippen LogP contribution in [-0.4, -0.2) is 16.6 Å². The molecule has 102 valence electrons. The van der Waals surface area contributed by atoms with E-state index >= 15 is 0 Å². The number of hydrogen-bond donors (Lipinski definition) is 1. The summed E-state index contributed by atoms with van der Waals surface area (Å²) in [6.07, 6.45) is 1.27. The van der Waals surface area contributed by atoms with E-state index in [0.717, 1.165) is 0 Å². The number of phenolic OH excluding ortho intramolecular Hbond substituents is 1. The molecule has 20 heavy (non-hydrogen) atoms. The summed E-state index contributed by atoms with van der Waals surface area (Å²) in [6, 6.07) is 18.0. The molecule has 1 heterocycles. The zero-order chi connectivity index (χ0) is 13.8. The molecule has 2 aromatic carbocycles. The minimum Gasteiger partial charge on any atom is -0.508 e. The van der Waals surface area contributed by atoms with Crippen molar-refractivity contribution in [2.45, 2.75) is 6.42 Å². The zero-order valence-electron chi connectivity index (χ0n) is 11.1. The molecule has 0 saturated carbocycles. The predicted octanol–water partition coefficient (Wildman–Crippen LogP) is 4.98. The van der Waals surface area contributed by atoms with Crippen LogP contribution in [0.4, 0.5) is 0 Å². The molecule has 1 aliphatic heterocycles. The normalized spacial score (nSPS) is 15.1. The minimum atomic E-state index is 0.315. The standard InChI is InChI=1S/C17H16OS2/c18-15-9-7-14(8-10-15)16(13-5-2-1-3-6-13)17-19-11-4-12-20-17/h1-3,5-10,18H,4,11-12H2. The first-order valence-electron chi connectivity index (χ1n) is 6.69. The molecule has 2 aromatic rings. The van der Waals surface area contributed by atoms with Gasteiger partial charge in [0.25, 0.3) is 0 Å². The Hall–Kier alpha value is -1.32. The van der Waals surface area contributed by atoms with Crippen molar-refractivity contribution in [3.05, 3.63) is 70.0 Å².